The van der Waals surface area contributed by atoms with Crippen molar-refractivity contribution in [3.05, 3.63) is 63.8 Å². The third-order valence-electron chi connectivity index (χ3n) is 5.64. The van der Waals surface area contributed by atoms with Gasteiger partial charge in [-0.05, 0) is 25.8 Å². The molecule has 1 aliphatic heterocycles. The van der Waals surface area contributed by atoms with Crippen molar-refractivity contribution in [3.63, 3.8) is 0 Å². The maximum absolute atomic E-state index is 13.2. The molecule has 192 valence electrons. The first-order valence-corrected chi connectivity index (χ1v) is 11.5. The molecule has 2 N–H and O–H groups in total. The molecule has 3 rings (SSSR count). The van der Waals surface area contributed by atoms with Crippen LogP contribution in [0.1, 0.15) is 42.5 Å². The molecule has 0 spiro atoms. The van der Waals surface area contributed by atoms with E-state index in [1.807, 2.05) is 30.3 Å². The minimum atomic E-state index is -1.40. The summed E-state index contributed by atoms with van der Waals surface area (Å²) in [6.45, 7) is 5.80. The minimum Gasteiger partial charge on any atom is -0.463 e. The zero-order valence-corrected chi connectivity index (χ0v) is 20.5. The Morgan fingerprint density at radius 2 is 1.86 bits per heavy atom. The molecule has 0 radical (unpaired) electrons. The van der Waals surface area contributed by atoms with Gasteiger partial charge in [-0.15, -0.1) is 0 Å². The Bertz CT molecular complexity index is 1180. The summed E-state index contributed by atoms with van der Waals surface area (Å²) in [6, 6.07) is 7.67. The smallest absolute Gasteiger partial charge is 0.332 e. The quantitative estimate of drug-likeness (QED) is 0.439. The van der Waals surface area contributed by atoms with E-state index in [0.717, 1.165) is 11.8 Å². The van der Waals surface area contributed by atoms with E-state index in [4.69, 9.17) is 14.2 Å². The van der Waals surface area contributed by atoms with Crippen molar-refractivity contribution >= 4 is 23.8 Å². The number of H-pyrrole nitrogens is 1. The number of carbonyl (C=O) groups is 4. The van der Waals surface area contributed by atoms with Gasteiger partial charge in [0.05, 0.1) is 5.92 Å². The van der Waals surface area contributed by atoms with Crippen LogP contribution in [0.3, 0.4) is 0 Å². The molecule has 1 saturated heterocycles. The minimum absolute atomic E-state index is 0.166. The predicted octanol–water partition coefficient (Wildman–Crippen LogP) is 1.09. The summed E-state index contributed by atoms with van der Waals surface area (Å²) in [5.74, 6) is -4.24. The molecule has 11 nitrogen and oxygen atoms in total. The monoisotopic (exact) mass is 499 g/mol. The van der Waals surface area contributed by atoms with Crippen LogP contribution in [0, 0.1) is 18.8 Å². The Morgan fingerprint density at radius 3 is 2.50 bits per heavy atom. The molecule has 36 heavy (non-hydrogen) atoms. The largest absolute Gasteiger partial charge is 0.463 e. The third-order valence-corrected chi connectivity index (χ3v) is 5.64. The van der Waals surface area contributed by atoms with Crippen LogP contribution in [-0.2, 0) is 35.0 Å². The van der Waals surface area contributed by atoms with Crippen LogP contribution in [0.4, 0.5) is 0 Å². The van der Waals surface area contributed by atoms with E-state index in [1.54, 1.807) is 20.8 Å². The van der Waals surface area contributed by atoms with Gasteiger partial charge in [0, 0.05) is 6.20 Å². The lowest BCUT2D eigenvalue weighted by atomic mass is 9.91. The number of aromatic amines is 1. The zero-order chi connectivity index (χ0) is 26.4. The number of nitrogens with one attached hydrogen (secondary N) is 2. The fourth-order valence-corrected chi connectivity index (χ4v) is 3.63. The molecule has 2 heterocycles. The lowest BCUT2D eigenvalue weighted by Gasteiger charge is -2.29. The van der Waals surface area contributed by atoms with Gasteiger partial charge in [-0.25, -0.2) is 9.78 Å². The topological polar surface area (TPSA) is 154 Å². The number of amides is 1. The van der Waals surface area contributed by atoms with Crippen LogP contribution in [0.2, 0.25) is 0 Å². The molecular weight excluding hydrogens is 470 g/mol. The molecule has 1 amide bonds. The molecule has 0 aliphatic carbocycles. The Kier molecular flexibility index (Phi) is 8.57. The number of benzene rings is 1. The lowest BCUT2D eigenvalue weighted by molar-refractivity contribution is -0.176. The average Bonchev–Trinajstić information content (AvgIpc) is 2.86. The van der Waals surface area contributed by atoms with Crippen molar-refractivity contribution in [2.45, 2.75) is 52.4 Å². The number of carbonyl (C=O) groups excluding carboxylic acids is 4. The van der Waals surface area contributed by atoms with Gasteiger partial charge in [0.2, 0.25) is 0 Å². The first-order chi connectivity index (χ1) is 17.1. The van der Waals surface area contributed by atoms with Gasteiger partial charge >= 0.3 is 17.9 Å². The number of nitrogens with zero attached hydrogens (tertiary/aromatic N) is 1. The van der Waals surface area contributed by atoms with E-state index >= 15 is 0 Å². The number of ether oxygens (including phenoxy) is 3. The van der Waals surface area contributed by atoms with Crippen LogP contribution in [0.25, 0.3) is 0 Å². The number of hydrogen-bond acceptors (Lipinski definition) is 9. The van der Waals surface area contributed by atoms with Crippen LogP contribution in [0.5, 0.6) is 0 Å². The fraction of sp³-hybridized carbons (Fsp3) is 0.440. The highest BCUT2D eigenvalue weighted by atomic mass is 16.6. The van der Waals surface area contributed by atoms with Gasteiger partial charge in [-0.3, -0.25) is 19.2 Å². The highest BCUT2D eigenvalue weighted by Crippen LogP contribution is 2.24. The molecular formula is C25H29N3O8. The summed E-state index contributed by atoms with van der Waals surface area (Å²) in [7, 11) is 0. The van der Waals surface area contributed by atoms with E-state index in [9.17, 15) is 24.0 Å². The second kappa shape index (κ2) is 11.6. The molecule has 4 atom stereocenters. The van der Waals surface area contributed by atoms with Gasteiger partial charge in [0.25, 0.3) is 11.5 Å². The number of cyclic esters (lactones) is 2. The van der Waals surface area contributed by atoms with Crippen LogP contribution in [-0.4, -0.2) is 58.6 Å². The molecule has 0 bridgehead atoms. The van der Waals surface area contributed by atoms with E-state index in [2.05, 4.69) is 15.3 Å². The summed E-state index contributed by atoms with van der Waals surface area (Å²) < 4.78 is 16.5. The SMILES string of the molecule is Cc1ncc(C(=O)NC2COC(=O)[C@H](Cc3ccccc3)C(OC(=O)C(C)C)[C@H](C)OC2=O)c(=O)[nH]1. The van der Waals surface area contributed by atoms with Crippen molar-refractivity contribution < 1.29 is 33.4 Å². The van der Waals surface area contributed by atoms with Crippen molar-refractivity contribution in [2.24, 2.45) is 11.8 Å². The third kappa shape index (κ3) is 6.55. The number of esters is 3. The number of aryl methyl sites for hydroxylation is 1. The summed E-state index contributed by atoms with van der Waals surface area (Å²) in [5, 5.41) is 2.36. The molecule has 1 fully saturated rings. The summed E-state index contributed by atoms with van der Waals surface area (Å²) in [4.78, 5) is 69.5. The zero-order valence-electron chi connectivity index (χ0n) is 20.5. The van der Waals surface area contributed by atoms with Gasteiger partial charge < -0.3 is 24.5 Å². The molecule has 1 aliphatic rings. The van der Waals surface area contributed by atoms with Crippen LogP contribution < -0.4 is 10.9 Å². The number of aromatic nitrogens is 2. The van der Waals surface area contributed by atoms with Crippen LogP contribution >= 0.6 is 0 Å². The predicted molar refractivity (Wildman–Crippen MR) is 126 cm³/mol. The Morgan fingerprint density at radius 1 is 1.17 bits per heavy atom. The summed E-state index contributed by atoms with van der Waals surface area (Å²) in [5.41, 5.74) is -0.220. The Balaban J connectivity index is 1.87. The standard InChI is InChI=1S/C25H29N3O8/c1-13(2)23(31)36-20-14(3)35-25(33)19(28-22(30)18-11-26-15(4)27-21(18)29)12-34-24(32)17(20)10-16-8-6-5-7-9-16/h5-9,11,13-14,17,19-20H,10,12H2,1-4H3,(H,28,30)(H,26,27,29)/t14-,17+,19?,20?/m0/s1. The normalized spacial score (nSPS) is 22.5. The van der Waals surface area contributed by atoms with Crippen molar-refractivity contribution in [1.82, 2.24) is 15.3 Å². The second-order valence-corrected chi connectivity index (χ2v) is 8.86. The number of hydrogen-bond donors (Lipinski definition) is 2. The molecule has 11 heteroatoms. The maximum atomic E-state index is 13.2. The highest BCUT2D eigenvalue weighted by molar-refractivity contribution is 5.96. The summed E-state index contributed by atoms with van der Waals surface area (Å²) >= 11 is 0. The molecule has 2 unspecified atom stereocenters. The van der Waals surface area contributed by atoms with Crippen molar-refractivity contribution in [3.8, 4) is 0 Å². The first-order valence-electron chi connectivity index (χ1n) is 11.5. The lowest BCUT2D eigenvalue weighted by Crippen LogP contribution is -2.47. The molecule has 1 aromatic carbocycles. The fourth-order valence-electron chi connectivity index (χ4n) is 3.63. The van der Waals surface area contributed by atoms with Crippen LogP contribution in [0.15, 0.2) is 41.3 Å². The molecule has 2 aromatic rings. The highest BCUT2D eigenvalue weighted by Gasteiger charge is 2.42. The number of rotatable bonds is 6. The van der Waals surface area contributed by atoms with Crippen molar-refractivity contribution in [1.29, 1.82) is 0 Å². The average molecular weight is 500 g/mol. The molecule has 1 aromatic heterocycles. The first kappa shape index (κ1) is 26.6. The van der Waals surface area contributed by atoms with E-state index in [1.165, 1.54) is 6.92 Å². The van der Waals surface area contributed by atoms with Crippen molar-refractivity contribution in [2.75, 3.05) is 6.61 Å². The van der Waals surface area contributed by atoms with Gasteiger partial charge in [0.1, 0.15) is 30.0 Å². The van der Waals surface area contributed by atoms with E-state index < -0.39 is 66.1 Å². The van der Waals surface area contributed by atoms with E-state index in [0.29, 0.717) is 5.82 Å². The summed E-state index contributed by atoms with van der Waals surface area (Å²) in [6.07, 6.45) is -0.923. The van der Waals surface area contributed by atoms with Gasteiger partial charge in [-0.2, -0.15) is 0 Å². The Hall–Kier alpha value is -4.02. The van der Waals surface area contributed by atoms with Gasteiger partial charge in [0.15, 0.2) is 12.1 Å². The maximum Gasteiger partial charge on any atom is 0.332 e. The second-order valence-electron chi connectivity index (χ2n) is 8.86. The Labute approximate surface area is 207 Å². The van der Waals surface area contributed by atoms with E-state index in [-0.39, 0.29) is 12.0 Å². The molecule has 0 saturated carbocycles. The van der Waals surface area contributed by atoms with Gasteiger partial charge in [-0.1, -0.05) is 44.2 Å².